The molecule has 0 saturated heterocycles. The van der Waals surface area contributed by atoms with E-state index in [1.54, 1.807) is 0 Å². The highest BCUT2D eigenvalue weighted by Gasteiger charge is 2.33. The predicted octanol–water partition coefficient (Wildman–Crippen LogP) is 4.88. The largest absolute Gasteiger partial charge is 0.351 e. The van der Waals surface area contributed by atoms with E-state index in [1.165, 1.54) is 26.4 Å². The van der Waals surface area contributed by atoms with Gasteiger partial charge >= 0.3 is 0 Å². The van der Waals surface area contributed by atoms with Crippen LogP contribution in [0.5, 0.6) is 0 Å². The van der Waals surface area contributed by atoms with Crippen molar-refractivity contribution in [2.45, 2.75) is 39.3 Å². The van der Waals surface area contributed by atoms with E-state index in [9.17, 15) is 4.79 Å². The Balaban J connectivity index is 1.56. The zero-order valence-corrected chi connectivity index (χ0v) is 18.0. The molecule has 0 radical (unpaired) electrons. The average Bonchev–Trinajstić information content (AvgIpc) is 3.08. The summed E-state index contributed by atoms with van der Waals surface area (Å²) in [7, 11) is 0. The van der Waals surface area contributed by atoms with Crippen LogP contribution in [0.15, 0.2) is 60.7 Å². The molecule has 2 heterocycles. The van der Waals surface area contributed by atoms with Crippen LogP contribution in [0.2, 0.25) is 0 Å². The van der Waals surface area contributed by atoms with Gasteiger partial charge < -0.3 is 5.32 Å². The third-order valence-electron chi connectivity index (χ3n) is 5.76. The van der Waals surface area contributed by atoms with Crippen LogP contribution in [0.25, 0.3) is 0 Å². The third-order valence-corrected chi connectivity index (χ3v) is 7.00. The van der Waals surface area contributed by atoms with E-state index in [1.807, 2.05) is 41.7 Å². The number of carbonyl (C=O) groups excluding carboxylic acids is 1. The van der Waals surface area contributed by atoms with Crippen LogP contribution >= 0.6 is 11.3 Å². The molecule has 0 spiro atoms. The zero-order valence-electron chi connectivity index (χ0n) is 17.2. The SMILES string of the molecule is CCc1c(C)sc2c1CCN(CC(=O)NCc1ccccc1)[C@H]2c1ccccc1. The molecule has 4 rings (SSSR count). The Bertz CT molecular complexity index is 965. The van der Waals surface area contributed by atoms with Crippen molar-refractivity contribution < 1.29 is 4.79 Å². The number of benzene rings is 2. The molecule has 0 unspecified atom stereocenters. The van der Waals surface area contributed by atoms with Gasteiger partial charge in [-0.15, -0.1) is 11.3 Å². The van der Waals surface area contributed by atoms with Gasteiger partial charge in [-0.2, -0.15) is 0 Å². The Labute approximate surface area is 177 Å². The second-order valence-corrected chi connectivity index (χ2v) is 8.89. The predicted molar refractivity (Wildman–Crippen MR) is 120 cm³/mol. The maximum atomic E-state index is 12.8. The lowest BCUT2D eigenvalue weighted by Gasteiger charge is -2.36. The Morgan fingerprint density at radius 2 is 1.79 bits per heavy atom. The van der Waals surface area contributed by atoms with E-state index in [2.05, 4.69) is 54.4 Å². The molecule has 150 valence electrons. The summed E-state index contributed by atoms with van der Waals surface area (Å²) < 4.78 is 0. The summed E-state index contributed by atoms with van der Waals surface area (Å²) in [5.41, 5.74) is 5.43. The first kappa shape index (κ1) is 19.9. The summed E-state index contributed by atoms with van der Waals surface area (Å²) in [4.78, 5) is 17.9. The number of nitrogens with one attached hydrogen (secondary N) is 1. The van der Waals surface area contributed by atoms with E-state index in [-0.39, 0.29) is 11.9 Å². The lowest BCUT2D eigenvalue weighted by molar-refractivity contribution is -0.122. The first-order valence-electron chi connectivity index (χ1n) is 10.4. The maximum Gasteiger partial charge on any atom is 0.234 e. The topological polar surface area (TPSA) is 32.3 Å². The molecular formula is C25H28N2OS. The molecule has 4 heteroatoms. The minimum Gasteiger partial charge on any atom is -0.351 e. The first-order valence-corrected chi connectivity index (χ1v) is 11.2. The minimum absolute atomic E-state index is 0.0854. The molecule has 0 saturated carbocycles. The third kappa shape index (κ3) is 4.29. The summed E-state index contributed by atoms with van der Waals surface area (Å²) in [5, 5.41) is 3.09. The van der Waals surface area contributed by atoms with Gasteiger partial charge in [-0.1, -0.05) is 67.6 Å². The highest BCUT2D eigenvalue weighted by atomic mass is 32.1. The highest BCUT2D eigenvalue weighted by Crippen LogP contribution is 2.42. The summed E-state index contributed by atoms with van der Waals surface area (Å²) in [6.07, 6.45) is 2.11. The van der Waals surface area contributed by atoms with E-state index in [0.29, 0.717) is 13.1 Å². The van der Waals surface area contributed by atoms with Gasteiger partial charge in [0.15, 0.2) is 0 Å². The van der Waals surface area contributed by atoms with Gasteiger partial charge in [0.25, 0.3) is 0 Å². The molecule has 0 fully saturated rings. The number of hydrogen-bond donors (Lipinski definition) is 1. The van der Waals surface area contributed by atoms with Crippen molar-refractivity contribution >= 4 is 17.2 Å². The molecule has 1 aromatic heterocycles. The zero-order chi connectivity index (χ0) is 20.2. The molecule has 1 N–H and O–H groups in total. The number of amides is 1. The number of carbonyl (C=O) groups is 1. The van der Waals surface area contributed by atoms with Gasteiger partial charge in [0.2, 0.25) is 5.91 Å². The average molecular weight is 405 g/mol. The number of aryl methyl sites for hydroxylation is 1. The normalized spacial score (nSPS) is 16.4. The van der Waals surface area contributed by atoms with E-state index >= 15 is 0 Å². The van der Waals surface area contributed by atoms with Gasteiger partial charge in [-0.3, -0.25) is 9.69 Å². The van der Waals surface area contributed by atoms with Crippen molar-refractivity contribution in [2.24, 2.45) is 0 Å². The molecule has 3 aromatic rings. The summed E-state index contributed by atoms with van der Waals surface area (Å²) in [6.45, 7) is 6.39. The van der Waals surface area contributed by atoms with Gasteiger partial charge in [0.1, 0.15) is 0 Å². The van der Waals surface area contributed by atoms with Gasteiger partial charge in [-0.25, -0.2) is 0 Å². The first-order chi connectivity index (χ1) is 14.2. The number of rotatable bonds is 6. The molecular weight excluding hydrogens is 376 g/mol. The van der Waals surface area contributed by atoms with Crippen LogP contribution in [0, 0.1) is 6.92 Å². The lowest BCUT2D eigenvalue weighted by Crippen LogP contribution is -2.42. The van der Waals surface area contributed by atoms with Gasteiger partial charge in [-0.05, 0) is 42.0 Å². The molecule has 29 heavy (non-hydrogen) atoms. The van der Waals surface area contributed by atoms with Crippen LogP contribution in [0.3, 0.4) is 0 Å². The smallest absolute Gasteiger partial charge is 0.234 e. The molecule has 1 amide bonds. The number of thiophene rings is 1. The Kier molecular flexibility index (Phi) is 6.12. The Morgan fingerprint density at radius 3 is 2.48 bits per heavy atom. The molecule has 1 aliphatic rings. The van der Waals surface area contributed by atoms with Crippen molar-refractivity contribution in [2.75, 3.05) is 13.1 Å². The van der Waals surface area contributed by atoms with Crippen LogP contribution in [0.4, 0.5) is 0 Å². The Hall–Kier alpha value is -2.43. The van der Waals surface area contributed by atoms with E-state index in [0.717, 1.165) is 24.9 Å². The monoisotopic (exact) mass is 404 g/mol. The van der Waals surface area contributed by atoms with Crippen molar-refractivity contribution in [3.63, 3.8) is 0 Å². The highest BCUT2D eigenvalue weighted by molar-refractivity contribution is 7.12. The summed E-state index contributed by atoms with van der Waals surface area (Å²) in [6, 6.07) is 20.9. The number of fused-ring (bicyclic) bond motifs is 1. The fraction of sp³-hybridized carbons (Fsp3) is 0.320. The van der Waals surface area contributed by atoms with Crippen LogP contribution in [0.1, 0.15) is 45.0 Å². The minimum atomic E-state index is 0.0854. The van der Waals surface area contributed by atoms with Gasteiger partial charge in [0.05, 0.1) is 12.6 Å². The van der Waals surface area contributed by atoms with E-state index < -0.39 is 0 Å². The quantitative estimate of drug-likeness (QED) is 0.635. The summed E-state index contributed by atoms with van der Waals surface area (Å²) in [5.74, 6) is 0.0854. The molecule has 1 atom stereocenters. The Morgan fingerprint density at radius 1 is 1.10 bits per heavy atom. The number of hydrogen-bond acceptors (Lipinski definition) is 3. The van der Waals surface area contributed by atoms with Crippen LogP contribution in [-0.2, 0) is 24.2 Å². The van der Waals surface area contributed by atoms with E-state index in [4.69, 9.17) is 0 Å². The molecule has 2 aromatic carbocycles. The molecule has 1 aliphatic heterocycles. The standard InChI is InChI=1S/C25H28N2OS/c1-3-21-18(2)29-25-22(21)14-15-27(24(25)20-12-8-5-9-13-20)17-23(28)26-16-19-10-6-4-7-11-19/h4-13,24H,3,14-17H2,1-2H3,(H,26,28)/t24-/m0/s1. The molecule has 3 nitrogen and oxygen atoms in total. The lowest BCUT2D eigenvalue weighted by atomic mass is 9.91. The van der Waals surface area contributed by atoms with Crippen molar-refractivity contribution in [3.8, 4) is 0 Å². The number of nitrogens with zero attached hydrogens (tertiary/aromatic N) is 1. The van der Waals surface area contributed by atoms with Crippen molar-refractivity contribution in [1.29, 1.82) is 0 Å². The van der Waals surface area contributed by atoms with Gasteiger partial charge in [0, 0.05) is 22.8 Å². The summed E-state index contributed by atoms with van der Waals surface area (Å²) >= 11 is 1.91. The van der Waals surface area contributed by atoms with Crippen molar-refractivity contribution in [1.82, 2.24) is 10.2 Å². The second-order valence-electron chi connectivity index (χ2n) is 7.63. The van der Waals surface area contributed by atoms with Crippen LogP contribution in [-0.4, -0.2) is 23.9 Å². The second kappa shape index (κ2) is 8.93. The van der Waals surface area contributed by atoms with Crippen molar-refractivity contribution in [3.05, 3.63) is 92.7 Å². The fourth-order valence-corrected chi connectivity index (χ4v) is 5.83. The molecule has 0 aliphatic carbocycles. The molecule has 0 bridgehead atoms. The fourth-order valence-electron chi connectivity index (χ4n) is 4.36. The van der Waals surface area contributed by atoms with Crippen LogP contribution < -0.4 is 5.32 Å². The maximum absolute atomic E-state index is 12.8.